The first-order chi connectivity index (χ1) is 18.9. The zero-order chi connectivity index (χ0) is 31.3. The molecule has 12 heteroatoms. The molecule has 42 heavy (non-hydrogen) atoms. The van der Waals surface area contributed by atoms with Crippen molar-refractivity contribution in [2.45, 2.75) is 136 Å². The van der Waals surface area contributed by atoms with E-state index in [2.05, 4.69) is 27.7 Å². The summed E-state index contributed by atoms with van der Waals surface area (Å²) in [4.78, 5) is 0. The lowest BCUT2D eigenvalue weighted by Gasteiger charge is -2.71. The van der Waals surface area contributed by atoms with E-state index in [0.717, 1.165) is 12.8 Å². The van der Waals surface area contributed by atoms with Gasteiger partial charge in [-0.25, -0.2) is 12.5 Å². The molecule has 9 aliphatic carbocycles. The number of hydrogen-bond donors (Lipinski definition) is 2. The molecule has 242 valence electrons. The highest BCUT2D eigenvalue weighted by molar-refractivity contribution is 7.82. The van der Waals surface area contributed by atoms with E-state index < -0.39 is 55.9 Å². The van der Waals surface area contributed by atoms with Crippen LogP contribution in [0.25, 0.3) is 0 Å². The van der Waals surface area contributed by atoms with Gasteiger partial charge in [0, 0.05) is 0 Å². The molecule has 9 fully saturated rings. The molecule has 0 aromatic carbocycles. The van der Waals surface area contributed by atoms with Crippen LogP contribution in [-0.4, -0.2) is 61.6 Å². The summed E-state index contributed by atoms with van der Waals surface area (Å²) in [6.07, 6.45) is 1.15. The molecule has 0 saturated heterocycles. The van der Waals surface area contributed by atoms with Gasteiger partial charge < -0.3 is 9.84 Å². The van der Waals surface area contributed by atoms with Crippen LogP contribution in [0.15, 0.2) is 0 Å². The summed E-state index contributed by atoms with van der Waals surface area (Å²) in [7, 11) is -9.55. The number of fused-ring (bicyclic) bond motifs is 6. The Morgan fingerprint density at radius 3 is 1.38 bits per heavy atom. The number of rotatable bonds is 8. The lowest BCUT2D eigenvalue weighted by molar-refractivity contribution is -0.352. The Morgan fingerprint density at radius 1 is 0.571 bits per heavy atom. The fraction of sp³-hybridized carbons (Fsp3) is 1.00. The van der Waals surface area contributed by atoms with Gasteiger partial charge in [-0.1, -0.05) is 41.5 Å². The first kappa shape index (κ1) is 31.6. The average Bonchev–Trinajstić information content (AvgIpc) is 2.80. The third-order valence-electron chi connectivity index (χ3n) is 14.1. The molecule has 0 radical (unpaired) electrons. The number of hydrogen-bond acceptors (Lipinski definition) is 9. The van der Waals surface area contributed by atoms with Crippen molar-refractivity contribution in [3.63, 3.8) is 0 Å². The van der Waals surface area contributed by atoms with Crippen LogP contribution in [0.5, 0.6) is 0 Å². The highest BCUT2D eigenvalue weighted by Crippen LogP contribution is 2.69. The lowest BCUT2D eigenvalue weighted by Crippen LogP contribution is -2.74. The smallest absolute Gasteiger partial charge is 0.390 e. The molecule has 12 unspecified atom stereocenters. The second-order valence-electron chi connectivity index (χ2n) is 16.9. The Bertz CT molecular complexity index is 1360. The van der Waals surface area contributed by atoms with Gasteiger partial charge in [-0.15, -0.1) is 0 Å². The van der Waals surface area contributed by atoms with Crippen molar-refractivity contribution in [3.8, 4) is 0 Å². The second-order valence-corrected chi connectivity index (χ2v) is 19.1. The summed E-state index contributed by atoms with van der Waals surface area (Å²) in [5.41, 5.74) is -3.87. The minimum atomic E-state index is -4.89. The van der Waals surface area contributed by atoms with Crippen molar-refractivity contribution in [1.29, 1.82) is 0 Å². The van der Waals surface area contributed by atoms with Gasteiger partial charge in [0.1, 0.15) is 17.8 Å². The zero-order valence-corrected chi connectivity index (χ0v) is 28.0. The van der Waals surface area contributed by atoms with Crippen LogP contribution >= 0.6 is 0 Å². The van der Waals surface area contributed by atoms with E-state index in [0.29, 0.717) is 25.2 Å². The predicted octanol–water partition coefficient (Wildman–Crippen LogP) is 4.67. The Morgan fingerprint density at radius 2 is 0.952 bits per heavy atom. The van der Waals surface area contributed by atoms with Crippen LogP contribution in [0.2, 0.25) is 0 Å². The van der Waals surface area contributed by atoms with E-state index in [9.17, 15) is 26.5 Å². The average molecular weight is 635 g/mol. The van der Waals surface area contributed by atoms with E-state index in [1.807, 2.05) is 27.7 Å². The first-order valence-electron chi connectivity index (χ1n) is 15.6. The van der Waals surface area contributed by atoms with Crippen molar-refractivity contribution >= 4 is 20.8 Å². The second kappa shape index (κ2) is 8.92. The molecule has 0 aromatic heterocycles. The van der Waals surface area contributed by atoms with Crippen LogP contribution in [0.1, 0.15) is 101 Å². The maximum atomic E-state index is 13.7. The molecule has 9 rings (SSSR count). The molecule has 10 nitrogen and oxygen atoms in total. The summed E-state index contributed by atoms with van der Waals surface area (Å²) in [6, 6.07) is 0. The van der Waals surface area contributed by atoms with Gasteiger partial charge in [-0.3, -0.25) is 4.55 Å². The summed E-state index contributed by atoms with van der Waals surface area (Å²) in [5.74, 6) is 0.574. The molecular weight excluding hydrogens is 584 g/mol. The van der Waals surface area contributed by atoms with E-state index in [1.54, 1.807) is 0 Å². The molecule has 0 amide bonds. The Hall–Kier alpha value is -0.340. The van der Waals surface area contributed by atoms with Crippen LogP contribution in [0.3, 0.4) is 0 Å². The van der Waals surface area contributed by atoms with Gasteiger partial charge in [0.2, 0.25) is 0 Å². The summed E-state index contributed by atoms with van der Waals surface area (Å²) < 4.78 is 84.5. The van der Waals surface area contributed by atoms with Crippen molar-refractivity contribution in [1.82, 2.24) is 0 Å². The molecular formula is C30H50O10S2. The highest BCUT2D eigenvalue weighted by atomic mass is 32.3. The lowest BCUT2D eigenvalue weighted by atomic mass is 9.42. The van der Waals surface area contributed by atoms with Crippen LogP contribution in [0, 0.1) is 51.8 Å². The molecule has 6 bridgehead atoms. The van der Waals surface area contributed by atoms with Crippen molar-refractivity contribution in [2.24, 2.45) is 51.8 Å². The molecule has 2 N–H and O–H groups in total. The summed E-state index contributed by atoms with van der Waals surface area (Å²) >= 11 is 0. The molecule has 0 heterocycles. The van der Waals surface area contributed by atoms with E-state index >= 15 is 0 Å². The summed E-state index contributed by atoms with van der Waals surface area (Å²) in [5, 5.41) is 11.3. The van der Waals surface area contributed by atoms with Gasteiger partial charge in [-0.2, -0.15) is 16.8 Å². The Kier molecular flexibility index (Phi) is 6.72. The molecule has 0 aliphatic heterocycles. The van der Waals surface area contributed by atoms with Crippen molar-refractivity contribution < 1.29 is 43.8 Å². The maximum absolute atomic E-state index is 13.7. The standard InChI is InChI=1S/C30H50O10S2/c1-25(2)16-10-19(25)28(7,22(31)13-16)39-29(8)20-11-17(26(20,3)4)14-23(29)37-42(35,36)38-24-15-18-12-21(27(18,5)6)30(24,9)40-41(32,33)34/h16-24,31H,10-15H2,1-9H3,(H,32,33,34). The van der Waals surface area contributed by atoms with Gasteiger partial charge in [0.25, 0.3) is 0 Å². The fourth-order valence-electron chi connectivity index (χ4n) is 11.0. The quantitative estimate of drug-likeness (QED) is 0.361. The highest BCUT2D eigenvalue weighted by Gasteiger charge is 2.71. The number of ether oxygens (including phenoxy) is 1. The largest absolute Gasteiger partial charge is 0.400 e. The maximum Gasteiger partial charge on any atom is 0.400 e. The fourth-order valence-corrected chi connectivity index (χ4v) is 12.8. The molecule has 12 atom stereocenters. The molecule has 9 saturated carbocycles. The van der Waals surface area contributed by atoms with Crippen LogP contribution in [0.4, 0.5) is 0 Å². The normalized spacial score (nSPS) is 51.5. The topological polar surface area (TPSA) is 146 Å². The molecule has 0 aromatic rings. The SMILES string of the molecule is CC1(C)C2CC(O)C(C)(OC3(C)C(OS(=O)(=O)OC4CC5CC(C5(C)C)C4(C)OS(=O)(=O)O)CC4CC3C4(C)C)C1C2. The first-order valence-corrected chi connectivity index (χ1v) is 18.3. The molecule has 0 spiro atoms. The summed E-state index contributed by atoms with van der Waals surface area (Å²) in [6.45, 7) is 18.2. The molecule has 9 aliphatic rings. The van der Waals surface area contributed by atoms with E-state index in [-0.39, 0.29) is 52.3 Å². The number of aliphatic hydroxyl groups is 1. The van der Waals surface area contributed by atoms with Gasteiger partial charge >= 0.3 is 20.8 Å². The van der Waals surface area contributed by atoms with Gasteiger partial charge in [-0.05, 0) is 111 Å². The minimum absolute atomic E-state index is 0.00476. The monoisotopic (exact) mass is 634 g/mol. The zero-order valence-electron chi connectivity index (χ0n) is 26.4. The third kappa shape index (κ3) is 4.28. The van der Waals surface area contributed by atoms with Crippen LogP contribution < -0.4 is 0 Å². The van der Waals surface area contributed by atoms with E-state index in [4.69, 9.17) is 17.3 Å². The Labute approximate surface area is 251 Å². The predicted molar refractivity (Wildman–Crippen MR) is 154 cm³/mol. The van der Waals surface area contributed by atoms with Gasteiger partial charge in [0.15, 0.2) is 0 Å². The minimum Gasteiger partial charge on any atom is -0.390 e. The number of aliphatic hydroxyl groups excluding tert-OH is 1. The van der Waals surface area contributed by atoms with Crippen molar-refractivity contribution in [3.05, 3.63) is 0 Å². The van der Waals surface area contributed by atoms with Crippen LogP contribution in [-0.2, 0) is 38.1 Å². The third-order valence-corrected chi connectivity index (χ3v) is 15.6. The van der Waals surface area contributed by atoms with Crippen molar-refractivity contribution in [2.75, 3.05) is 0 Å². The van der Waals surface area contributed by atoms with Gasteiger partial charge in [0.05, 0.1) is 17.3 Å². The Balaban J connectivity index is 1.27. The van der Waals surface area contributed by atoms with E-state index in [1.165, 1.54) is 6.92 Å².